The van der Waals surface area contributed by atoms with Gasteiger partial charge in [-0.05, 0) is 50.9 Å². The highest BCUT2D eigenvalue weighted by atomic mass is 35.5. The summed E-state index contributed by atoms with van der Waals surface area (Å²) in [5.41, 5.74) is 0.440. The average molecular weight is 332 g/mol. The first kappa shape index (κ1) is 15.3. The average Bonchev–Trinajstić information content (AvgIpc) is 3.04. The molecule has 0 saturated heterocycles. The zero-order chi connectivity index (χ0) is 15.4. The predicted molar refractivity (Wildman–Crippen MR) is 81.7 cm³/mol. The lowest BCUT2D eigenvalue weighted by Crippen LogP contribution is -2.40. The molecule has 21 heavy (non-hydrogen) atoms. The molecule has 118 valence electrons. The minimum atomic E-state index is -3.62. The molecule has 0 spiro atoms. The van der Waals surface area contributed by atoms with Gasteiger partial charge in [-0.25, -0.2) is 13.1 Å². The van der Waals surface area contributed by atoms with Crippen molar-refractivity contribution >= 4 is 21.6 Å². The quantitative estimate of drug-likeness (QED) is 0.921. The van der Waals surface area contributed by atoms with Gasteiger partial charge in [0.15, 0.2) is 0 Å². The molecule has 1 aromatic rings. The third kappa shape index (κ3) is 2.62. The third-order valence-corrected chi connectivity index (χ3v) is 7.40. The summed E-state index contributed by atoms with van der Waals surface area (Å²) in [5, 5.41) is 4.25. The van der Waals surface area contributed by atoms with Crippen LogP contribution >= 0.6 is 11.6 Å². The second kappa shape index (κ2) is 5.25. The van der Waals surface area contributed by atoms with Crippen molar-refractivity contribution in [3.63, 3.8) is 0 Å². The number of hydrogen-bond acceptors (Lipinski definition) is 3. The third-order valence-electron chi connectivity index (χ3n) is 5.14. The van der Waals surface area contributed by atoms with Gasteiger partial charge < -0.3 is 0 Å². The number of aryl methyl sites for hydroxylation is 2. The van der Waals surface area contributed by atoms with Gasteiger partial charge in [0.05, 0.1) is 5.69 Å². The Hall–Kier alpha value is -0.590. The Morgan fingerprint density at radius 2 is 2.10 bits per heavy atom. The van der Waals surface area contributed by atoms with Crippen LogP contribution < -0.4 is 4.72 Å². The van der Waals surface area contributed by atoms with Crippen molar-refractivity contribution < 1.29 is 8.42 Å². The van der Waals surface area contributed by atoms with E-state index < -0.39 is 10.0 Å². The summed E-state index contributed by atoms with van der Waals surface area (Å²) in [5.74, 6) is 1.93. The number of rotatable bonds is 4. The first-order valence-corrected chi connectivity index (χ1v) is 9.37. The van der Waals surface area contributed by atoms with Crippen molar-refractivity contribution in [3.8, 4) is 0 Å². The van der Waals surface area contributed by atoms with E-state index in [9.17, 15) is 8.42 Å². The first-order chi connectivity index (χ1) is 9.79. The predicted octanol–water partition coefficient (Wildman–Crippen LogP) is 2.48. The minimum Gasteiger partial charge on any atom is -0.255 e. The Labute approximate surface area is 131 Å². The second-order valence-electron chi connectivity index (χ2n) is 6.58. The summed E-state index contributed by atoms with van der Waals surface area (Å²) < 4.78 is 29.4. The molecule has 4 unspecified atom stereocenters. The molecule has 1 aromatic heterocycles. The molecule has 2 aliphatic carbocycles. The molecule has 5 nitrogen and oxygen atoms in total. The van der Waals surface area contributed by atoms with E-state index in [1.807, 2.05) is 6.92 Å². The van der Waals surface area contributed by atoms with Gasteiger partial charge in [0.2, 0.25) is 10.0 Å². The lowest BCUT2D eigenvalue weighted by atomic mass is 9.84. The molecule has 4 atom stereocenters. The zero-order valence-electron chi connectivity index (χ0n) is 12.6. The van der Waals surface area contributed by atoms with Gasteiger partial charge in [-0.1, -0.05) is 18.0 Å². The van der Waals surface area contributed by atoms with Gasteiger partial charge in [-0.2, -0.15) is 5.10 Å². The summed E-state index contributed by atoms with van der Waals surface area (Å²) in [4.78, 5) is 0.113. The Morgan fingerprint density at radius 1 is 1.38 bits per heavy atom. The molecule has 1 heterocycles. The topological polar surface area (TPSA) is 64.0 Å². The molecule has 2 bridgehead atoms. The molecule has 3 rings (SSSR count). The van der Waals surface area contributed by atoms with Crippen LogP contribution in [0, 0.1) is 24.7 Å². The Morgan fingerprint density at radius 3 is 2.57 bits per heavy atom. The standard InChI is InChI=1S/C14H22ClN3O2S/c1-8(12-7-10-4-5-11(12)6-10)17-21(19,20)13-9(2)16-18(3)14(13)15/h8,10-12,17H,4-7H2,1-3H3. The van der Waals surface area contributed by atoms with Crippen LogP contribution in [0.15, 0.2) is 4.90 Å². The molecule has 0 aromatic carbocycles. The van der Waals surface area contributed by atoms with E-state index in [1.165, 1.54) is 23.9 Å². The molecule has 0 amide bonds. The Kier molecular flexibility index (Phi) is 3.83. The van der Waals surface area contributed by atoms with Gasteiger partial charge in [-0.15, -0.1) is 0 Å². The lowest BCUT2D eigenvalue weighted by molar-refractivity contribution is 0.280. The number of fused-ring (bicyclic) bond motifs is 2. The van der Waals surface area contributed by atoms with E-state index in [0.717, 1.165) is 12.3 Å². The molecule has 7 heteroatoms. The van der Waals surface area contributed by atoms with E-state index in [2.05, 4.69) is 9.82 Å². The number of sulfonamides is 1. The van der Waals surface area contributed by atoms with Gasteiger partial charge in [0.25, 0.3) is 0 Å². The number of nitrogens with zero attached hydrogens (tertiary/aromatic N) is 2. The number of halogens is 1. The summed E-state index contributed by atoms with van der Waals surface area (Å²) in [6, 6.07) is -0.0547. The Bertz CT molecular complexity index is 655. The SMILES string of the molecule is Cc1nn(C)c(Cl)c1S(=O)(=O)NC(C)C1CC2CCC1C2. The molecular weight excluding hydrogens is 310 g/mol. The fraction of sp³-hybridized carbons (Fsp3) is 0.786. The molecule has 0 radical (unpaired) electrons. The number of nitrogens with one attached hydrogen (secondary N) is 1. The molecule has 2 fully saturated rings. The van der Waals surface area contributed by atoms with Gasteiger partial charge in [-0.3, -0.25) is 4.68 Å². The Balaban J connectivity index is 1.80. The summed E-state index contributed by atoms with van der Waals surface area (Å²) in [6.45, 7) is 3.64. The van der Waals surface area contributed by atoms with Gasteiger partial charge in [0, 0.05) is 13.1 Å². The maximum atomic E-state index is 12.6. The highest BCUT2D eigenvalue weighted by molar-refractivity contribution is 7.89. The summed E-state index contributed by atoms with van der Waals surface area (Å²) >= 11 is 6.09. The molecule has 1 N–H and O–H groups in total. The molecule has 0 aliphatic heterocycles. The molecule has 2 saturated carbocycles. The highest BCUT2D eigenvalue weighted by Crippen LogP contribution is 2.49. The fourth-order valence-corrected chi connectivity index (χ4v) is 6.26. The smallest absolute Gasteiger partial charge is 0.245 e. The van der Waals surface area contributed by atoms with Crippen LogP contribution in [0.3, 0.4) is 0 Å². The van der Waals surface area contributed by atoms with E-state index in [0.29, 0.717) is 17.5 Å². The van der Waals surface area contributed by atoms with Crippen molar-refractivity contribution in [1.82, 2.24) is 14.5 Å². The molecular formula is C14H22ClN3O2S. The minimum absolute atomic E-state index is 0.0547. The van der Waals surface area contributed by atoms with E-state index >= 15 is 0 Å². The van der Waals surface area contributed by atoms with E-state index in [-0.39, 0.29) is 16.1 Å². The molecule has 2 aliphatic rings. The van der Waals surface area contributed by atoms with Crippen molar-refractivity contribution in [2.75, 3.05) is 0 Å². The van der Waals surface area contributed by atoms with Crippen LogP contribution in [0.4, 0.5) is 0 Å². The van der Waals surface area contributed by atoms with Gasteiger partial charge in [0.1, 0.15) is 10.0 Å². The van der Waals surface area contributed by atoms with Crippen LogP contribution in [0.1, 0.15) is 38.3 Å². The van der Waals surface area contributed by atoms with Crippen LogP contribution in [0.25, 0.3) is 0 Å². The summed E-state index contributed by atoms with van der Waals surface area (Å²) in [6.07, 6.45) is 4.97. The zero-order valence-corrected chi connectivity index (χ0v) is 14.2. The van der Waals surface area contributed by atoms with Gasteiger partial charge >= 0.3 is 0 Å². The van der Waals surface area contributed by atoms with Crippen molar-refractivity contribution in [1.29, 1.82) is 0 Å². The maximum absolute atomic E-state index is 12.6. The lowest BCUT2D eigenvalue weighted by Gasteiger charge is -2.28. The first-order valence-electron chi connectivity index (χ1n) is 7.51. The van der Waals surface area contributed by atoms with Crippen LogP contribution in [0.2, 0.25) is 5.15 Å². The fourth-order valence-electron chi connectivity index (χ4n) is 4.21. The summed E-state index contributed by atoms with van der Waals surface area (Å²) in [7, 11) is -1.97. The maximum Gasteiger partial charge on any atom is 0.245 e. The number of aromatic nitrogens is 2. The monoisotopic (exact) mass is 331 g/mol. The van der Waals surface area contributed by atoms with Crippen LogP contribution in [-0.4, -0.2) is 24.2 Å². The van der Waals surface area contributed by atoms with Crippen LogP contribution in [-0.2, 0) is 17.1 Å². The van der Waals surface area contributed by atoms with E-state index in [1.54, 1.807) is 14.0 Å². The van der Waals surface area contributed by atoms with E-state index in [4.69, 9.17) is 11.6 Å². The van der Waals surface area contributed by atoms with Crippen molar-refractivity contribution in [2.24, 2.45) is 24.8 Å². The number of hydrogen-bond donors (Lipinski definition) is 1. The van der Waals surface area contributed by atoms with Crippen molar-refractivity contribution in [2.45, 2.75) is 50.5 Å². The second-order valence-corrected chi connectivity index (χ2v) is 8.59. The van der Waals surface area contributed by atoms with Crippen LogP contribution in [0.5, 0.6) is 0 Å². The largest absolute Gasteiger partial charge is 0.255 e. The highest BCUT2D eigenvalue weighted by Gasteiger charge is 2.43. The van der Waals surface area contributed by atoms with Crippen molar-refractivity contribution in [3.05, 3.63) is 10.8 Å². The normalized spacial score (nSPS) is 30.0.